The van der Waals surface area contributed by atoms with Crippen molar-refractivity contribution in [2.75, 3.05) is 13.7 Å². The molecule has 66 valence electrons. The second kappa shape index (κ2) is 5.09. The largest absolute Gasteiger partial charge is 0.468 e. The summed E-state index contributed by atoms with van der Waals surface area (Å²) in [6.45, 7) is 4.18. The smallest absolute Gasteiger partial charge is 0.322 e. The average molecular weight is 160 g/mol. The zero-order chi connectivity index (χ0) is 8.85. The standard InChI is InChI=1S/C7H16N2O2/c1-5(4-8)9-6(2)7(10)11-3/h5-6,9H,4,8H2,1-3H3. The average Bonchev–Trinajstić information content (AvgIpc) is 2.02. The molecule has 0 rings (SSSR count). The van der Waals surface area contributed by atoms with Crippen molar-refractivity contribution in [2.24, 2.45) is 5.73 Å². The molecule has 0 heterocycles. The van der Waals surface area contributed by atoms with Gasteiger partial charge in [0.2, 0.25) is 0 Å². The Morgan fingerprint density at radius 1 is 1.64 bits per heavy atom. The van der Waals surface area contributed by atoms with Gasteiger partial charge in [-0.2, -0.15) is 0 Å². The molecule has 2 unspecified atom stereocenters. The number of carbonyl (C=O) groups excluding carboxylic acids is 1. The Morgan fingerprint density at radius 3 is 2.55 bits per heavy atom. The zero-order valence-electron chi connectivity index (χ0n) is 7.26. The van der Waals surface area contributed by atoms with Crippen LogP contribution in [0.2, 0.25) is 0 Å². The molecular weight excluding hydrogens is 144 g/mol. The van der Waals surface area contributed by atoms with E-state index in [-0.39, 0.29) is 18.1 Å². The van der Waals surface area contributed by atoms with Crippen molar-refractivity contribution >= 4 is 5.97 Å². The third kappa shape index (κ3) is 3.95. The first-order valence-corrected chi connectivity index (χ1v) is 3.65. The molecule has 4 nitrogen and oxygen atoms in total. The molecule has 0 aromatic heterocycles. The van der Waals surface area contributed by atoms with Crippen LogP contribution < -0.4 is 11.1 Å². The molecule has 0 saturated heterocycles. The number of rotatable bonds is 4. The summed E-state index contributed by atoms with van der Waals surface area (Å²) < 4.78 is 4.52. The van der Waals surface area contributed by atoms with Crippen LogP contribution in [0.15, 0.2) is 0 Å². The molecule has 0 saturated carbocycles. The van der Waals surface area contributed by atoms with Crippen molar-refractivity contribution in [3.05, 3.63) is 0 Å². The zero-order valence-corrected chi connectivity index (χ0v) is 7.26. The van der Waals surface area contributed by atoms with E-state index in [1.54, 1.807) is 6.92 Å². The second-order valence-corrected chi connectivity index (χ2v) is 2.55. The predicted molar refractivity (Wildman–Crippen MR) is 43.1 cm³/mol. The van der Waals surface area contributed by atoms with Gasteiger partial charge in [0.05, 0.1) is 7.11 Å². The summed E-state index contributed by atoms with van der Waals surface area (Å²) in [6, 6.07) is -0.136. The highest BCUT2D eigenvalue weighted by atomic mass is 16.5. The number of methoxy groups -OCH3 is 1. The molecule has 0 fully saturated rings. The number of hydrogen-bond acceptors (Lipinski definition) is 4. The summed E-state index contributed by atoms with van der Waals surface area (Å²) in [6.07, 6.45) is 0. The van der Waals surface area contributed by atoms with E-state index in [2.05, 4.69) is 10.1 Å². The summed E-state index contributed by atoms with van der Waals surface area (Å²) in [4.78, 5) is 10.8. The van der Waals surface area contributed by atoms with E-state index in [0.29, 0.717) is 6.54 Å². The predicted octanol–water partition coefficient (Wildman–Crippen LogP) is -0.515. The van der Waals surface area contributed by atoms with Gasteiger partial charge in [-0.05, 0) is 13.8 Å². The normalized spacial score (nSPS) is 15.6. The molecule has 3 N–H and O–H groups in total. The Morgan fingerprint density at radius 2 is 2.18 bits per heavy atom. The Kier molecular flexibility index (Phi) is 4.81. The van der Waals surface area contributed by atoms with Crippen molar-refractivity contribution in [2.45, 2.75) is 25.9 Å². The van der Waals surface area contributed by atoms with Crippen LogP contribution in [0.4, 0.5) is 0 Å². The Hall–Kier alpha value is -0.610. The van der Waals surface area contributed by atoms with Gasteiger partial charge >= 0.3 is 5.97 Å². The minimum Gasteiger partial charge on any atom is -0.468 e. The highest BCUT2D eigenvalue weighted by Gasteiger charge is 2.13. The molecule has 0 aliphatic rings. The SMILES string of the molecule is COC(=O)C(C)NC(C)CN. The first-order chi connectivity index (χ1) is 5.11. The lowest BCUT2D eigenvalue weighted by Crippen LogP contribution is -2.43. The van der Waals surface area contributed by atoms with Crippen LogP contribution >= 0.6 is 0 Å². The topological polar surface area (TPSA) is 64.3 Å². The maximum atomic E-state index is 10.8. The molecular formula is C7H16N2O2. The van der Waals surface area contributed by atoms with Gasteiger partial charge in [-0.1, -0.05) is 0 Å². The fraction of sp³-hybridized carbons (Fsp3) is 0.857. The highest BCUT2D eigenvalue weighted by Crippen LogP contribution is 1.88. The van der Waals surface area contributed by atoms with E-state index in [1.807, 2.05) is 6.92 Å². The number of esters is 1. The van der Waals surface area contributed by atoms with E-state index in [9.17, 15) is 4.79 Å². The first kappa shape index (κ1) is 10.4. The minimum absolute atomic E-state index is 0.143. The molecule has 0 aromatic rings. The molecule has 2 atom stereocenters. The van der Waals surface area contributed by atoms with Gasteiger partial charge in [-0.15, -0.1) is 0 Å². The van der Waals surface area contributed by atoms with Crippen LogP contribution in [0.1, 0.15) is 13.8 Å². The number of nitrogens with one attached hydrogen (secondary N) is 1. The van der Waals surface area contributed by atoms with Gasteiger partial charge in [-0.25, -0.2) is 0 Å². The van der Waals surface area contributed by atoms with Crippen molar-refractivity contribution < 1.29 is 9.53 Å². The minimum atomic E-state index is -0.279. The molecule has 4 heteroatoms. The fourth-order valence-electron chi connectivity index (χ4n) is 0.740. The van der Waals surface area contributed by atoms with Crippen LogP contribution in [-0.4, -0.2) is 31.7 Å². The molecule has 0 bridgehead atoms. The van der Waals surface area contributed by atoms with E-state index >= 15 is 0 Å². The third-order valence-corrected chi connectivity index (χ3v) is 1.44. The van der Waals surface area contributed by atoms with Crippen LogP contribution in [-0.2, 0) is 9.53 Å². The van der Waals surface area contributed by atoms with Gasteiger partial charge in [0.25, 0.3) is 0 Å². The summed E-state index contributed by atoms with van der Waals surface area (Å²) in [5.41, 5.74) is 5.35. The third-order valence-electron chi connectivity index (χ3n) is 1.44. The van der Waals surface area contributed by atoms with Crippen molar-refractivity contribution in [1.29, 1.82) is 0 Å². The van der Waals surface area contributed by atoms with Crippen LogP contribution in [0, 0.1) is 0 Å². The fourth-order valence-corrected chi connectivity index (χ4v) is 0.740. The summed E-state index contributed by atoms with van der Waals surface area (Å²) >= 11 is 0. The second-order valence-electron chi connectivity index (χ2n) is 2.55. The Bertz CT molecular complexity index is 128. The van der Waals surface area contributed by atoms with E-state index in [1.165, 1.54) is 7.11 Å². The monoisotopic (exact) mass is 160 g/mol. The van der Waals surface area contributed by atoms with Crippen molar-refractivity contribution in [3.63, 3.8) is 0 Å². The van der Waals surface area contributed by atoms with Gasteiger partial charge in [0.15, 0.2) is 0 Å². The van der Waals surface area contributed by atoms with Crippen molar-refractivity contribution in [3.8, 4) is 0 Å². The van der Waals surface area contributed by atoms with Gasteiger partial charge < -0.3 is 15.8 Å². The van der Waals surface area contributed by atoms with Gasteiger partial charge in [-0.3, -0.25) is 4.79 Å². The summed E-state index contributed by atoms with van der Waals surface area (Å²) in [5.74, 6) is -0.259. The number of nitrogens with two attached hydrogens (primary N) is 1. The number of carbonyl (C=O) groups is 1. The first-order valence-electron chi connectivity index (χ1n) is 3.65. The summed E-state index contributed by atoms with van der Waals surface area (Å²) in [7, 11) is 1.37. The van der Waals surface area contributed by atoms with Gasteiger partial charge in [0.1, 0.15) is 6.04 Å². The molecule has 0 spiro atoms. The maximum absolute atomic E-state index is 10.8. The number of hydrogen-bond donors (Lipinski definition) is 2. The Balaban J connectivity index is 3.67. The van der Waals surface area contributed by atoms with Crippen LogP contribution in [0.3, 0.4) is 0 Å². The van der Waals surface area contributed by atoms with Crippen molar-refractivity contribution in [1.82, 2.24) is 5.32 Å². The van der Waals surface area contributed by atoms with Gasteiger partial charge in [0, 0.05) is 12.6 Å². The molecule has 0 aliphatic carbocycles. The summed E-state index contributed by atoms with van der Waals surface area (Å²) in [5, 5.41) is 2.98. The maximum Gasteiger partial charge on any atom is 0.322 e. The Labute approximate surface area is 67.1 Å². The molecule has 11 heavy (non-hydrogen) atoms. The molecule has 0 radical (unpaired) electrons. The van der Waals surface area contributed by atoms with E-state index in [4.69, 9.17) is 5.73 Å². The van der Waals surface area contributed by atoms with Crippen LogP contribution in [0.25, 0.3) is 0 Å². The van der Waals surface area contributed by atoms with E-state index in [0.717, 1.165) is 0 Å². The lowest BCUT2D eigenvalue weighted by Gasteiger charge is -2.15. The lowest BCUT2D eigenvalue weighted by atomic mass is 10.2. The van der Waals surface area contributed by atoms with E-state index < -0.39 is 0 Å². The molecule has 0 amide bonds. The highest BCUT2D eigenvalue weighted by molar-refractivity contribution is 5.75. The molecule has 0 aliphatic heterocycles. The number of ether oxygens (including phenoxy) is 1. The van der Waals surface area contributed by atoms with Crippen LogP contribution in [0.5, 0.6) is 0 Å². The molecule has 0 aromatic carbocycles. The quantitative estimate of drug-likeness (QED) is 0.543. The lowest BCUT2D eigenvalue weighted by molar-refractivity contribution is -0.142.